The third kappa shape index (κ3) is 9.43. The van der Waals surface area contributed by atoms with Gasteiger partial charge in [0.25, 0.3) is 0 Å². The minimum atomic E-state index is -0.874. The largest absolute Gasteiger partial charge is 0.478 e. The van der Waals surface area contributed by atoms with E-state index >= 15 is 0 Å². The summed E-state index contributed by atoms with van der Waals surface area (Å²) in [6.07, 6.45) is 3.31. The Kier molecular flexibility index (Phi) is 9.11. The van der Waals surface area contributed by atoms with Gasteiger partial charge in [-0.1, -0.05) is 13.0 Å². The maximum absolute atomic E-state index is 10.4. The molecule has 0 atom stereocenters. The molecule has 0 unspecified atom stereocenters. The molecule has 0 aromatic carbocycles. The molecule has 0 fully saturated rings. The van der Waals surface area contributed by atoms with Gasteiger partial charge in [-0.15, -0.1) is 0 Å². The van der Waals surface area contributed by atoms with Gasteiger partial charge in [-0.3, -0.25) is 0 Å². The summed E-state index contributed by atoms with van der Waals surface area (Å²) in [6, 6.07) is 0. The summed E-state index contributed by atoms with van der Waals surface area (Å²) in [5, 5.41) is 8.55. The van der Waals surface area contributed by atoms with Gasteiger partial charge in [0.1, 0.15) is 0 Å². The number of carbonyl (C=O) groups is 1. The second-order valence-corrected chi connectivity index (χ2v) is 3.21. The molecular formula is C11H20O4. The molecule has 0 aromatic rings. The molecule has 0 heterocycles. The fraction of sp³-hybridized carbons (Fsp3) is 0.727. The van der Waals surface area contributed by atoms with Gasteiger partial charge in [-0.05, 0) is 19.8 Å². The van der Waals surface area contributed by atoms with Crippen molar-refractivity contribution in [2.24, 2.45) is 0 Å². The molecule has 4 nitrogen and oxygen atoms in total. The Hall–Kier alpha value is -0.870. The van der Waals surface area contributed by atoms with Crippen molar-refractivity contribution < 1.29 is 19.4 Å². The van der Waals surface area contributed by atoms with Crippen LogP contribution in [0, 0.1) is 0 Å². The number of hydrogen-bond donors (Lipinski definition) is 1. The van der Waals surface area contributed by atoms with Crippen LogP contribution < -0.4 is 0 Å². The van der Waals surface area contributed by atoms with Crippen molar-refractivity contribution in [2.75, 3.05) is 26.4 Å². The van der Waals surface area contributed by atoms with Crippen LogP contribution in [-0.4, -0.2) is 37.5 Å². The first-order chi connectivity index (χ1) is 7.18. The molecule has 0 saturated heterocycles. The third-order valence-corrected chi connectivity index (χ3v) is 1.77. The van der Waals surface area contributed by atoms with E-state index in [1.807, 2.05) is 0 Å². The van der Waals surface area contributed by atoms with Gasteiger partial charge >= 0.3 is 5.97 Å². The van der Waals surface area contributed by atoms with Gasteiger partial charge in [0.15, 0.2) is 0 Å². The average molecular weight is 216 g/mol. The van der Waals surface area contributed by atoms with Crippen molar-refractivity contribution in [1.82, 2.24) is 0 Å². The summed E-state index contributed by atoms with van der Waals surface area (Å²) in [7, 11) is 0. The fourth-order valence-electron chi connectivity index (χ4n) is 0.912. The molecule has 0 aliphatic heterocycles. The summed E-state index contributed by atoms with van der Waals surface area (Å²) in [4.78, 5) is 10.4. The van der Waals surface area contributed by atoms with Crippen LogP contribution in [0.3, 0.4) is 0 Å². The second-order valence-electron chi connectivity index (χ2n) is 3.21. The van der Waals surface area contributed by atoms with Crippen LogP contribution >= 0.6 is 0 Å². The van der Waals surface area contributed by atoms with Gasteiger partial charge in [0.05, 0.1) is 19.8 Å². The van der Waals surface area contributed by atoms with Crippen molar-refractivity contribution in [3.63, 3.8) is 0 Å². The van der Waals surface area contributed by atoms with Gasteiger partial charge in [-0.2, -0.15) is 0 Å². The lowest BCUT2D eigenvalue weighted by Crippen LogP contribution is -2.05. The smallest absolute Gasteiger partial charge is 0.330 e. The van der Waals surface area contributed by atoms with E-state index in [4.69, 9.17) is 14.6 Å². The van der Waals surface area contributed by atoms with Crippen molar-refractivity contribution in [2.45, 2.75) is 26.7 Å². The van der Waals surface area contributed by atoms with Crippen molar-refractivity contribution in [3.05, 3.63) is 11.6 Å². The Bertz CT molecular complexity index is 199. The topological polar surface area (TPSA) is 55.8 Å². The number of ether oxygens (including phenoxy) is 2. The van der Waals surface area contributed by atoms with Crippen molar-refractivity contribution in [1.29, 1.82) is 0 Å². The summed E-state index contributed by atoms with van der Waals surface area (Å²) in [5.74, 6) is -0.874. The van der Waals surface area contributed by atoms with Crippen molar-refractivity contribution >= 4 is 5.97 Å². The summed E-state index contributed by atoms with van der Waals surface area (Å²) in [5.41, 5.74) is 0.362. The fourth-order valence-corrected chi connectivity index (χ4v) is 0.912. The Morgan fingerprint density at radius 2 is 1.80 bits per heavy atom. The molecule has 0 spiro atoms. The van der Waals surface area contributed by atoms with E-state index in [-0.39, 0.29) is 0 Å². The van der Waals surface area contributed by atoms with Crippen LogP contribution in [0.2, 0.25) is 0 Å². The molecule has 0 radical (unpaired) electrons. The molecule has 0 bridgehead atoms. The molecule has 0 rings (SSSR count). The molecule has 4 heteroatoms. The molecule has 15 heavy (non-hydrogen) atoms. The zero-order valence-corrected chi connectivity index (χ0v) is 9.49. The standard InChI is InChI=1S/C11H20O4/c1-3-6-14-8-9-15-7-4-5-10(2)11(12)13/h5H,3-4,6-9H2,1-2H3,(H,12,13). The minimum absolute atomic E-state index is 0.362. The van der Waals surface area contributed by atoms with Gasteiger partial charge in [-0.25, -0.2) is 4.79 Å². The zero-order valence-electron chi connectivity index (χ0n) is 9.49. The molecule has 1 N–H and O–H groups in total. The maximum Gasteiger partial charge on any atom is 0.330 e. The molecule has 0 saturated carbocycles. The first kappa shape index (κ1) is 14.1. The Labute approximate surface area is 90.9 Å². The maximum atomic E-state index is 10.4. The van der Waals surface area contributed by atoms with Crippen LogP contribution in [0.1, 0.15) is 26.7 Å². The zero-order chi connectivity index (χ0) is 11.5. The van der Waals surface area contributed by atoms with Crippen LogP contribution in [-0.2, 0) is 14.3 Å². The van der Waals surface area contributed by atoms with E-state index in [0.717, 1.165) is 13.0 Å². The first-order valence-electron chi connectivity index (χ1n) is 5.24. The lowest BCUT2D eigenvalue weighted by Gasteiger charge is -2.03. The first-order valence-corrected chi connectivity index (χ1v) is 5.24. The van der Waals surface area contributed by atoms with E-state index in [2.05, 4.69) is 6.92 Å². The predicted octanol–water partition coefficient (Wildman–Crippen LogP) is 1.85. The van der Waals surface area contributed by atoms with Crippen LogP contribution in [0.25, 0.3) is 0 Å². The Morgan fingerprint density at radius 1 is 1.20 bits per heavy atom. The van der Waals surface area contributed by atoms with Gasteiger partial charge < -0.3 is 14.6 Å². The Morgan fingerprint density at radius 3 is 2.33 bits per heavy atom. The molecular weight excluding hydrogens is 196 g/mol. The number of rotatable bonds is 9. The SMILES string of the molecule is CCCOCCOCCC=C(C)C(=O)O. The number of carboxylic acids is 1. The number of aliphatic carboxylic acids is 1. The molecule has 0 aromatic heterocycles. The van der Waals surface area contributed by atoms with Crippen LogP contribution in [0.5, 0.6) is 0 Å². The molecule has 88 valence electrons. The highest BCUT2D eigenvalue weighted by atomic mass is 16.5. The molecule has 0 aliphatic carbocycles. The normalized spacial score (nSPS) is 11.7. The van der Waals surface area contributed by atoms with E-state index in [1.165, 1.54) is 0 Å². The summed E-state index contributed by atoms with van der Waals surface area (Å²) >= 11 is 0. The Balaban J connectivity index is 3.25. The highest BCUT2D eigenvalue weighted by molar-refractivity contribution is 5.85. The van der Waals surface area contributed by atoms with Gasteiger partial charge in [0.2, 0.25) is 0 Å². The lowest BCUT2D eigenvalue weighted by molar-refractivity contribution is -0.132. The highest BCUT2D eigenvalue weighted by Gasteiger charge is 1.97. The molecule has 0 aliphatic rings. The molecule has 0 amide bonds. The quantitative estimate of drug-likeness (QED) is 0.472. The predicted molar refractivity (Wildman–Crippen MR) is 57.9 cm³/mol. The van der Waals surface area contributed by atoms with Crippen molar-refractivity contribution in [3.8, 4) is 0 Å². The number of carboxylic acid groups (broad SMARTS) is 1. The van der Waals surface area contributed by atoms with Crippen LogP contribution in [0.4, 0.5) is 0 Å². The second kappa shape index (κ2) is 9.68. The average Bonchev–Trinajstić information content (AvgIpc) is 2.21. The lowest BCUT2D eigenvalue weighted by atomic mass is 10.2. The van der Waals surface area contributed by atoms with Gasteiger partial charge in [0, 0.05) is 12.2 Å². The number of hydrogen-bond acceptors (Lipinski definition) is 3. The van der Waals surface area contributed by atoms with Crippen LogP contribution in [0.15, 0.2) is 11.6 Å². The van der Waals surface area contributed by atoms with E-state index in [9.17, 15) is 4.79 Å². The summed E-state index contributed by atoms with van der Waals surface area (Å²) in [6.45, 7) is 6.12. The highest BCUT2D eigenvalue weighted by Crippen LogP contribution is 1.95. The monoisotopic (exact) mass is 216 g/mol. The summed E-state index contributed by atoms with van der Waals surface area (Å²) < 4.78 is 10.5. The minimum Gasteiger partial charge on any atom is -0.478 e. The van der Waals surface area contributed by atoms with E-state index in [0.29, 0.717) is 31.8 Å². The van der Waals surface area contributed by atoms with E-state index in [1.54, 1.807) is 13.0 Å². The third-order valence-electron chi connectivity index (χ3n) is 1.77. The van der Waals surface area contributed by atoms with E-state index < -0.39 is 5.97 Å².